The Balaban J connectivity index is 1.74. The van der Waals surface area contributed by atoms with Gasteiger partial charge in [0.2, 0.25) is 5.91 Å². The average Bonchev–Trinajstić information content (AvgIpc) is 3.22. The number of anilines is 1. The second-order valence-electron chi connectivity index (χ2n) is 9.02. The zero-order valence-electron chi connectivity index (χ0n) is 21.1. The first-order chi connectivity index (χ1) is 17.4. The number of carbonyl (C=O) groups is 1. The number of aromatic nitrogens is 4. The zero-order chi connectivity index (χ0) is 25.4. The van der Waals surface area contributed by atoms with Gasteiger partial charge in [-0.1, -0.05) is 30.3 Å². The summed E-state index contributed by atoms with van der Waals surface area (Å²) in [6.45, 7) is 6.24. The van der Waals surface area contributed by atoms with Crippen molar-refractivity contribution >= 4 is 11.7 Å². The molecule has 0 spiro atoms. The molecule has 0 radical (unpaired) electrons. The summed E-state index contributed by atoms with van der Waals surface area (Å²) >= 11 is 0. The van der Waals surface area contributed by atoms with E-state index in [1.165, 1.54) is 0 Å². The Hall–Kier alpha value is -4.20. The van der Waals surface area contributed by atoms with E-state index in [9.17, 15) is 4.79 Å². The van der Waals surface area contributed by atoms with Gasteiger partial charge >= 0.3 is 0 Å². The van der Waals surface area contributed by atoms with E-state index in [4.69, 9.17) is 14.6 Å². The largest absolute Gasteiger partial charge is 0.497 e. The van der Waals surface area contributed by atoms with Gasteiger partial charge in [-0.05, 0) is 50.6 Å². The molecular weight excluding hydrogens is 454 g/mol. The van der Waals surface area contributed by atoms with Crippen LogP contribution in [0.2, 0.25) is 0 Å². The number of ether oxygens (including phenoxy) is 2. The third-order valence-corrected chi connectivity index (χ3v) is 6.52. The van der Waals surface area contributed by atoms with Crippen LogP contribution in [-0.2, 0) is 11.3 Å². The van der Waals surface area contributed by atoms with Gasteiger partial charge in [-0.3, -0.25) is 9.69 Å². The highest BCUT2D eigenvalue weighted by Crippen LogP contribution is 2.46. The topological polar surface area (TPSA) is 82.4 Å². The monoisotopic (exact) mass is 483 g/mol. The summed E-state index contributed by atoms with van der Waals surface area (Å²) in [4.78, 5) is 24.9. The zero-order valence-corrected chi connectivity index (χ0v) is 21.1. The van der Waals surface area contributed by atoms with Crippen LogP contribution >= 0.6 is 0 Å². The number of amides is 1. The molecule has 0 fully saturated rings. The molecule has 2 aromatic heterocycles. The summed E-state index contributed by atoms with van der Waals surface area (Å²) in [6.07, 6.45) is 0.281. The Kier molecular flexibility index (Phi) is 6.18. The standard InChI is InChI=1S/C28H29N5O3/c1-17-13-18(2)30-28(29-17)33-27-26(19(3)31-33)23(22-14-21(35-4)11-12-24(22)36-5)15-25(34)32(27)16-20-9-7-6-8-10-20/h6-14,23H,15-16H2,1-5H3. The van der Waals surface area contributed by atoms with Crippen molar-refractivity contribution in [2.24, 2.45) is 0 Å². The number of methoxy groups -OCH3 is 2. The van der Waals surface area contributed by atoms with E-state index in [-0.39, 0.29) is 18.2 Å². The molecule has 2 aromatic carbocycles. The second kappa shape index (κ2) is 9.45. The molecule has 1 unspecified atom stereocenters. The van der Waals surface area contributed by atoms with Crippen molar-refractivity contribution in [1.82, 2.24) is 19.7 Å². The molecule has 1 aliphatic rings. The Morgan fingerprint density at radius 2 is 1.67 bits per heavy atom. The van der Waals surface area contributed by atoms with Crippen molar-refractivity contribution in [3.8, 4) is 17.4 Å². The summed E-state index contributed by atoms with van der Waals surface area (Å²) in [5.41, 5.74) is 5.35. The lowest BCUT2D eigenvalue weighted by atomic mass is 9.84. The molecular formula is C28H29N5O3. The van der Waals surface area contributed by atoms with E-state index >= 15 is 0 Å². The van der Waals surface area contributed by atoms with E-state index in [2.05, 4.69) is 9.97 Å². The molecule has 0 saturated heterocycles. The van der Waals surface area contributed by atoms with Gasteiger partial charge in [-0.25, -0.2) is 9.97 Å². The number of fused-ring (bicyclic) bond motifs is 1. The van der Waals surface area contributed by atoms with Crippen LogP contribution in [0.15, 0.2) is 54.6 Å². The molecule has 0 N–H and O–H groups in total. The smallest absolute Gasteiger partial charge is 0.252 e. The highest BCUT2D eigenvalue weighted by atomic mass is 16.5. The van der Waals surface area contributed by atoms with Crippen molar-refractivity contribution in [2.45, 2.75) is 39.7 Å². The number of rotatable bonds is 6. The third kappa shape index (κ3) is 4.19. The minimum absolute atomic E-state index is 0.00764. The molecule has 184 valence electrons. The summed E-state index contributed by atoms with van der Waals surface area (Å²) < 4.78 is 12.9. The molecule has 36 heavy (non-hydrogen) atoms. The number of hydrogen-bond donors (Lipinski definition) is 0. The van der Waals surface area contributed by atoms with Crippen molar-refractivity contribution < 1.29 is 14.3 Å². The molecule has 3 heterocycles. The van der Waals surface area contributed by atoms with Crippen LogP contribution in [-0.4, -0.2) is 39.9 Å². The van der Waals surface area contributed by atoms with Gasteiger partial charge in [0.05, 0.1) is 26.5 Å². The SMILES string of the molecule is COc1ccc(OC)c(C2CC(=O)N(Cc3ccccc3)c3c2c(C)nn3-c2nc(C)cc(C)n2)c1. The molecule has 1 atom stereocenters. The maximum absolute atomic E-state index is 13.8. The molecule has 0 aliphatic carbocycles. The molecule has 8 nitrogen and oxygen atoms in total. The van der Waals surface area contributed by atoms with Crippen LogP contribution in [0.1, 0.15) is 46.1 Å². The quantitative estimate of drug-likeness (QED) is 0.396. The van der Waals surface area contributed by atoms with E-state index in [1.807, 2.05) is 75.4 Å². The minimum atomic E-state index is -0.260. The third-order valence-electron chi connectivity index (χ3n) is 6.52. The van der Waals surface area contributed by atoms with Crippen LogP contribution in [0.25, 0.3) is 5.95 Å². The predicted molar refractivity (Wildman–Crippen MR) is 137 cm³/mol. The fourth-order valence-electron chi connectivity index (χ4n) is 4.95. The van der Waals surface area contributed by atoms with Gasteiger partial charge in [0.1, 0.15) is 17.3 Å². The van der Waals surface area contributed by atoms with Crippen LogP contribution in [0.4, 0.5) is 5.82 Å². The van der Waals surface area contributed by atoms with Crippen molar-refractivity contribution in [2.75, 3.05) is 19.1 Å². The fraction of sp³-hybridized carbons (Fsp3) is 0.286. The molecule has 4 aromatic rings. The van der Waals surface area contributed by atoms with Crippen LogP contribution < -0.4 is 14.4 Å². The Morgan fingerprint density at radius 3 is 2.33 bits per heavy atom. The Bertz CT molecular complexity index is 1410. The lowest BCUT2D eigenvalue weighted by Gasteiger charge is -2.33. The molecule has 1 amide bonds. The molecule has 8 heteroatoms. The Morgan fingerprint density at radius 1 is 0.944 bits per heavy atom. The number of benzene rings is 2. The van der Waals surface area contributed by atoms with E-state index in [0.29, 0.717) is 29.8 Å². The first-order valence-corrected chi connectivity index (χ1v) is 11.9. The first kappa shape index (κ1) is 23.5. The van der Waals surface area contributed by atoms with Gasteiger partial charge in [-0.15, -0.1) is 0 Å². The van der Waals surface area contributed by atoms with E-state index < -0.39 is 0 Å². The summed E-state index contributed by atoms with van der Waals surface area (Å²) in [5.74, 6) is 2.27. The highest BCUT2D eigenvalue weighted by Gasteiger charge is 2.39. The van der Waals surface area contributed by atoms with Crippen LogP contribution in [0.5, 0.6) is 11.5 Å². The lowest BCUT2D eigenvalue weighted by Crippen LogP contribution is -2.38. The fourth-order valence-corrected chi connectivity index (χ4v) is 4.95. The van der Waals surface area contributed by atoms with Crippen molar-refractivity contribution in [3.05, 3.63) is 88.4 Å². The maximum atomic E-state index is 13.8. The minimum Gasteiger partial charge on any atom is -0.497 e. The number of hydrogen-bond acceptors (Lipinski definition) is 6. The molecule has 5 rings (SSSR count). The van der Waals surface area contributed by atoms with Crippen LogP contribution in [0.3, 0.4) is 0 Å². The summed E-state index contributed by atoms with van der Waals surface area (Å²) in [7, 11) is 3.27. The van der Waals surface area contributed by atoms with E-state index in [0.717, 1.165) is 33.8 Å². The lowest BCUT2D eigenvalue weighted by molar-refractivity contribution is -0.119. The average molecular weight is 484 g/mol. The first-order valence-electron chi connectivity index (χ1n) is 11.9. The normalized spacial score (nSPS) is 15.1. The van der Waals surface area contributed by atoms with Gasteiger partial charge in [0, 0.05) is 34.9 Å². The highest BCUT2D eigenvalue weighted by molar-refractivity contribution is 5.97. The maximum Gasteiger partial charge on any atom is 0.252 e. The Labute approximate surface area is 210 Å². The van der Waals surface area contributed by atoms with Gasteiger partial charge < -0.3 is 9.47 Å². The second-order valence-corrected chi connectivity index (χ2v) is 9.02. The molecule has 1 aliphatic heterocycles. The van der Waals surface area contributed by atoms with Crippen molar-refractivity contribution in [1.29, 1.82) is 0 Å². The van der Waals surface area contributed by atoms with Gasteiger partial charge in [0.25, 0.3) is 5.95 Å². The number of aryl methyl sites for hydroxylation is 3. The van der Waals surface area contributed by atoms with Gasteiger partial charge in [0.15, 0.2) is 0 Å². The number of nitrogens with zero attached hydrogens (tertiary/aromatic N) is 5. The predicted octanol–water partition coefficient (Wildman–Crippen LogP) is 4.67. The number of carbonyl (C=O) groups excluding carboxylic acids is 1. The van der Waals surface area contributed by atoms with Gasteiger partial charge in [-0.2, -0.15) is 9.78 Å². The summed E-state index contributed by atoms with van der Waals surface area (Å²) in [5, 5.41) is 4.87. The molecule has 0 saturated carbocycles. The van der Waals surface area contributed by atoms with E-state index in [1.54, 1.807) is 23.8 Å². The molecule has 0 bridgehead atoms. The van der Waals surface area contributed by atoms with Crippen molar-refractivity contribution in [3.63, 3.8) is 0 Å². The summed E-state index contributed by atoms with van der Waals surface area (Å²) in [6, 6.07) is 17.6. The van der Waals surface area contributed by atoms with Crippen LogP contribution in [0, 0.1) is 20.8 Å².